The van der Waals surface area contributed by atoms with Gasteiger partial charge in [0.15, 0.2) is 0 Å². The van der Waals surface area contributed by atoms with Crippen LogP contribution >= 0.6 is 0 Å². The van der Waals surface area contributed by atoms with Crippen LogP contribution in [0.2, 0.25) is 0 Å². The van der Waals surface area contributed by atoms with Crippen LogP contribution in [0.5, 0.6) is 5.75 Å². The molecule has 2 heteroatoms. The molecule has 2 rings (SSSR count). The van der Waals surface area contributed by atoms with Gasteiger partial charge in [-0.15, -0.1) is 0 Å². The number of para-hydroxylation sites is 1. The standard InChI is InChI=1S/C13H18O2/c1-3-10(2)12-6-4-5-7-13(12)15-9-11-8-14-11/h4-7,10-11H,3,8-9H2,1-2H3. The van der Waals surface area contributed by atoms with E-state index in [0.717, 1.165) is 18.8 Å². The molecule has 0 N–H and O–H groups in total. The van der Waals surface area contributed by atoms with Crippen LogP contribution in [0.25, 0.3) is 0 Å². The zero-order valence-electron chi connectivity index (χ0n) is 9.40. The molecular weight excluding hydrogens is 188 g/mol. The second-order valence-corrected chi connectivity index (χ2v) is 4.11. The smallest absolute Gasteiger partial charge is 0.122 e. The Hall–Kier alpha value is -1.02. The van der Waals surface area contributed by atoms with E-state index in [-0.39, 0.29) is 0 Å². The van der Waals surface area contributed by atoms with E-state index in [4.69, 9.17) is 9.47 Å². The Kier molecular flexibility index (Phi) is 3.27. The maximum absolute atomic E-state index is 5.76. The van der Waals surface area contributed by atoms with Gasteiger partial charge in [-0.3, -0.25) is 0 Å². The van der Waals surface area contributed by atoms with Crippen molar-refractivity contribution >= 4 is 0 Å². The molecule has 15 heavy (non-hydrogen) atoms. The van der Waals surface area contributed by atoms with E-state index in [1.165, 1.54) is 5.56 Å². The van der Waals surface area contributed by atoms with Gasteiger partial charge in [0.2, 0.25) is 0 Å². The quantitative estimate of drug-likeness (QED) is 0.691. The predicted molar refractivity (Wildman–Crippen MR) is 60.4 cm³/mol. The summed E-state index contributed by atoms with van der Waals surface area (Å²) in [5.41, 5.74) is 1.31. The van der Waals surface area contributed by atoms with Crippen LogP contribution in [0.15, 0.2) is 24.3 Å². The van der Waals surface area contributed by atoms with Crippen LogP contribution in [0.1, 0.15) is 31.7 Å². The van der Waals surface area contributed by atoms with Crippen LogP contribution < -0.4 is 4.74 Å². The highest BCUT2D eigenvalue weighted by Gasteiger charge is 2.23. The van der Waals surface area contributed by atoms with Gasteiger partial charge in [-0.05, 0) is 24.0 Å². The van der Waals surface area contributed by atoms with Crippen molar-refractivity contribution < 1.29 is 9.47 Å². The summed E-state index contributed by atoms with van der Waals surface area (Å²) in [6.45, 7) is 5.97. The molecule has 0 spiro atoms. The number of ether oxygens (including phenoxy) is 2. The molecular formula is C13H18O2. The molecule has 1 aliphatic rings. The molecule has 0 amide bonds. The molecule has 2 nitrogen and oxygen atoms in total. The first-order chi connectivity index (χ1) is 7.31. The van der Waals surface area contributed by atoms with Gasteiger partial charge in [0.05, 0.1) is 6.61 Å². The molecule has 0 bridgehead atoms. The molecule has 2 unspecified atom stereocenters. The maximum atomic E-state index is 5.76. The van der Waals surface area contributed by atoms with Gasteiger partial charge in [0.1, 0.15) is 18.5 Å². The maximum Gasteiger partial charge on any atom is 0.122 e. The summed E-state index contributed by atoms with van der Waals surface area (Å²) in [5.74, 6) is 1.57. The van der Waals surface area contributed by atoms with Gasteiger partial charge in [-0.25, -0.2) is 0 Å². The molecule has 1 heterocycles. The van der Waals surface area contributed by atoms with Gasteiger partial charge < -0.3 is 9.47 Å². The fraction of sp³-hybridized carbons (Fsp3) is 0.538. The Balaban J connectivity index is 2.05. The number of epoxide rings is 1. The average molecular weight is 206 g/mol. The van der Waals surface area contributed by atoms with Crippen molar-refractivity contribution in [2.75, 3.05) is 13.2 Å². The summed E-state index contributed by atoms with van der Waals surface area (Å²) in [6.07, 6.45) is 1.47. The molecule has 1 fully saturated rings. The van der Waals surface area contributed by atoms with Crippen molar-refractivity contribution in [2.45, 2.75) is 32.3 Å². The molecule has 1 aromatic rings. The van der Waals surface area contributed by atoms with E-state index in [1.54, 1.807) is 0 Å². The molecule has 0 radical (unpaired) electrons. The first-order valence-electron chi connectivity index (χ1n) is 5.64. The highest BCUT2D eigenvalue weighted by Crippen LogP contribution is 2.28. The van der Waals surface area contributed by atoms with E-state index < -0.39 is 0 Å². The largest absolute Gasteiger partial charge is 0.490 e. The van der Waals surface area contributed by atoms with Gasteiger partial charge in [-0.1, -0.05) is 32.0 Å². The summed E-state index contributed by atoms with van der Waals surface area (Å²) in [5, 5.41) is 0. The van der Waals surface area contributed by atoms with Crippen LogP contribution in [-0.4, -0.2) is 19.3 Å². The SMILES string of the molecule is CCC(C)c1ccccc1OCC1CO1. The Morgan fingerprint density at radius 1 is 1.47 bits per heavy atom. The minimum absolute atomic E-state index is 0.329. The van der Waals surface area contributed by atoms with E-state index >= 15 is 0 Å². The Bertz CT molecular complexity index is 318. The van der Waals surface area contributed by atoms with E-state index in [2.05, 4.69) is 26.0 Å². The molecule has 82 valence electrons. The summed E-state index contributed by atoms with van der Waals surface area (Å²) >= 11 is 0. The molecule has 1 saturated heterocycles. The van der Waals surface area contributed by atoms with E-state index in [0.29, 0.717) is 18.6 Å². The topological polar surface area (TPSA) is 21.8 Å². The van der Waals surface area contributed by atoms with Crippen molar-refractivity contribution in [3.63, 3.8) is 0 Å². The van der Waals surface area contributed by atoms with Crippen LogP contribution in [0, 0.1) is 0 Å². The van der Waals surface area contributed by atoms with Crippen molar-refractivity contribution in [1.29, 1.82) is 0 Å². The lowest BCUT2D eigenvalue weighted by atomic mass is 9.98. The molecule has 1 aliphatic heterocycles. The van der Waals surface area contributed by atoms with Crippen molar-refractivity contribution in [1.82, 2.24) is 0 Å². The number of hydrogen-bond donors (Lipinski definition) is 0. The monoisotopic (exact) mass is 206 g/mol. The summed E-state index contributed by atoms with van der Waals surface area (Å²) < 4.78 is 10.9. The highest BCUT2D eigenvalue weighted by atomic mass is 16.6. The molecule has 0 aromatic heterocycles. The van der Waals surface area contributed by atoms with Gasteiger partial charge >= 0.3 is 0 Å². The third kappa shape index (κ3) is 2.72. The van der Waals surface area contributed by atoms with Crippen molar-refractivity contribution in [2.24, 2.45) is 0 Å². The van der Waals surface area contributed by atoms with Crippen molar-refractivity contribution in [3.05, 3.63) is 29.8 Å². The lowest BCUT2D eigenvalue weighted by Gasteiger charge is -2.14. The van der Waals surface area contributed by atoms with Crippen LogP contribution in [0.3, 0.4) is 0 Å². The zero-order valence-corrected chi connectivity index (χ0v) is 9.40. The Morgan fingerprint density at radius 2 is 2.20 bits per heavy atom. The first-order valence-corrected chi connectivity index (χ1v) is 5.64. The predicted octanol–water partition coefficient (Wildman–Crippen LogP) is 2.98. The second-order valence-electron chi connectivity index (χ2n) is 4.11. The zero-order chi connectivity index (χ0) is 10.7. The normalized spacial score (nSPS) is 21.1. The van der Waals surface area contributed by atoms with E-state index in [9.17, 15) is 0 Å². The van der Waals surface area contributed by atoms with Gasteiger partial charge in [0.25, 0.3) is 0 Å². The summed E-state index contributed by atoms with van der Waals surface area (Å²) in [7, 11) is 0. The number of rotatable bonds is 5. The van der Waals surface area contributed by atoms with Gasteiger partial charge in [0, 0.05) is 0 Å². The lowest BCUT2D eigenvalue weighted by Crippen LogP contribution is -2.06. The van der Waals surface area contributed by atoms with Crippen LogP contribution in [-0.2, 0) is 4.74 Å². The number of benzene rings is 1. The van der Waals surface area contributed by atoms with E-state index in [1.807, 2.05) is 12.1 Å². The minimum Gasteiger partial charge on any atom is -0.490 e. The molecule has 2 atom stereocenters. The van der Waals surface area contributed by atoms with Crippen LogP contribution in [0.4, 0.5) is 0 Å². The summed E-state index contributed by atoms with van der Waals surface area (Å²) in [6, 6.07) is 8.29. The van der Waals surface area contributed by atoms with Crippen molar-refractivity contribution in [3.8, 4) is 5.75 Å². The molecule has 0 aliphatic carbocycles. The third-order valence-electron chi connectivity index (χ3n) is 2.89. The first kappa shape index (κ1) is 10.5. The summed E-state index contributed by atoms with van der Waals surface area (Å²) in [4.78, 5) is 0. The fourth-order valence-electron chi connectivity index (χ4n) is 1.59. The molecule has 1 aromatic carbocycles. The fourth-order valence-corrected chi connectivity index (χ4v) is 1.59. The number of hydrogen-bond acceptors (Lipinski definition) is 2. The molecule has 0 saturated carbocycles. The Labute approximate surface area is 91.2 Å². The average Bonchev–Trinajstić information content (AvgIpc) is 3.09. The lowest BCUT2D eigenvalue weighted by molar-refractivity contribution is 0.260. The van der Waals surface area contributed by atoms with Gasteiger partial charge in [-0.2, -0.15) is 0 Å². The third-order valence-corrected chi connectivity index (χ3v) is 2.89. The minimum atomic E-state index is 0.329. The second kappa shape index (κ2) is 4.67. The highest BCUT2D eigenvalue weighted by molar-refractivity contribution is 5.35. The Morgan fingerprint density at radius 3 is 2.87 bits per heavy atom.